The fourth-order valence-corrected chi connectivity index (χ4v) is 3.41. The largest absolute Gasteiger partial charge is 0.307 e. The molecule has 0 amide bonds. The molecule has 21 heavy (non-hydrogen) atoms. The maximum atomic E-state index is 10.8. The lowest BCUT2D eigenvalue weighted by Gasteiger charge is -2.20. The van der Waals surface area contributed by atoms with Crippen LogP contribution >= 0.6 is 11.3 Å². The van der Waals surface area contributed by atoms with Crippen LogP contribution in [0.25, 0.3) is 0 Å². The Balaban J connectivity index is 1.98. The second kappa shape index (κ2) is 6.83. The fraction of sp³-hybridized carbons (Fsp3) is 0.375. The van der Waals surface area contributed by atoms with Gasteiger partial charge in [-0.15, -0.1) is 11.3 Å². The Morgan fingerprint density at radius 3 is 2.67 bits per heavy atom. The van der Waals surface area contributed by atoms with E-state index in [9.17, 15) is 10.1 Å². The molecule has 2 aromatic rings. The number of benzene rings is 1. The van der Waals surface area contributed by atoms with Crippen molar-refractivity contribution in [3.05, 3.63) is 61.8 Å². The molecule has 112 valence electrons. The van der Waals surface area contributed by atoms with Crippen molar-refractivity contribution in [1.82, 2.24) is 5.32 Å². The van der Waals surface area contributed by atoms with Gasteiger partial charge in [0.1, 0.15) is 0 Å². The minimum Gasteiger partial charge on any atom is -0.307 e. The van der Waals surface area contributed by atoms with Gasteiger partial charge in [0.05, 0.1) is 4.92 Å². The van der Waals surface area contributed by atoms with E-state index in [-0.39, 0.29) is 16.7 Å². The zero-order valence-corrected chi connectivity index (χ0v) is 13.3. The van der Waals surface area contributed by atoms with Crippen LogP contribution in [0.3, 0.4) is 0 Å². The van der Waals surface area contributed by atoms with E-state index >= 15 is 0 Å². The second-order valence-corrected chi connectivity index (χ2v) is 6.73. The highest BCUT2D eigenvalue weighted by Crippen LogP contribution is 2.21. The molecule has 0 spiro atoms. The maximum absolute atomic E-state index is 10.8. The Bertz CT molecular complexity index is 624. The van der Waals surface area contributed by atoms with Gasteiger partial charge in [-0.1, -0.05) is 12.1 Å². The van der Waals surface area contributed by atoms with E-state index < -0.39 is 0 Å². The first-order valence-corrected chi connectivity index (χ1v) is 7.83. The molecule has 0 radical (unpaired) electrons. The summed E-state index contributed by atoms with van der Waals surface area (Å²) in [5.74, 6) is 0. The van der Waals surface area contributed by atoms with E-state index in [1.807, 2.05) is 24.3 Å². The van der Waals surface area contributed by atoms with E-state index in [4.69, 9.17) is 0 Å². The number of nitro benzene ring substituents is 1. The summed E-state index contributed by atoms with van der Waals surface area (Å²) in [5.41, 5.74) is 1.08. The number of non-ortho nitro benzene ring substituents is 1. The van der Waals surface area contributed by atoms with Gasteiger partial charge in [-0.05, 0) is 44.9 Å². The lowest BCUT2D eigenvalue weighted by atomic mass is 10.1. The van der Waals surface area contributed by atoms with Crippen molar-refractivity contribution in [3.8, 4) is 0 Å². The van der Waals surface area contributed by atoms with Crippen molar-refractivity contribution >= 4 is 17.0 Å². The van der Waals surface area contributed by atoms with Gasteiger partial charge in [0.25, 0.3) is 5.69 Å². The number of nitrogens with one attached hydrogen (secondary N) is 1. The number of aryl methyl sites for hydroxylation is 1. The number of rotatable bonds is 6. The van der Waals surface area contributed by atoms with Crippen molar-refractivity contribution in [2.75, 3.05) is 0 Å². The summed E-state index contributed by atoms with van der Waals surface area (Å²) >= 11 is 1.82. The van der Waals surface area contributed by atoms with Gasteiger partial charge in [-0.25, -0.2) is 0 Å². The van der Waals surface area contributed by atoms with Crippen LogP contribution in [0.15, 0.2) is 36.4 Å². The summed E-state index contributed by atoms with van der Waals surface area (Å²) in [7, 11) is 0. The van der Waals surface area contributed by atoms with Gasteiger partial charge in [0.2, 0.25) is 0 Å². The van der Waals surface area contributed by atoms with E-state index in [1.54, 1.807) is 12.1 Å². The van der Waals surface area contributed by atoms with Gasteiger partial charge in [0, 0.05) is 34.0 Å². The Hall–Kier alpha value is -1.72. The second-order valence-electron chi connectivity index (χ2n) is 5.36. The van der Waals surface area contributed by atoms with Crippen LogP contribution in [0.4, 0.5) is 5.69 Å². The first kappa shape index (κ1) is 15.7. The Kier molecular flexibility index (Phi) is 5.09. The molecule has 0 saturated carbocycles. The predicted molar refractivity (Wildman–Crippen MR) is 86.9 cm³/mol. The molecule has 0 aliphatic carbocycles. The first-order valence-electron chi connectivity index (χ1n) is 7.01. The molecule has 0 bridgehead atoms. The molecule has 1 heterocycles. The molecule has 1 N–H and O–H groups in total. The first-order chi connectivity index (χ1) is 9.95. The summed E-state index contributed by atoms with van der Waals surface area (Å²) in [6, 6.07) is 11.5. The van der Waals surface area contributed by atoms with Gasteiger partial charge < -0.3 is 5.32 Å². The molecule has 0 aliphatic heterocycles. The molecule has 2 atom stereocenters. The molecule has 0 aliphatic rings. The van der Waals surface area contributed by atoms with Crippen LogP contribution in [-0.4, -0.2) is 11.0 Å². The minimum atomic E-state index is -0.353. The van der Waals surface area contributed by atoms with Crippen molar-refractivity contribution in [3.63, 3.8) is 0 Å². The average molecular weight is 304 g/mol. The van der Waals surface area contributed by atoms with E-state index in [2.05, 4.69) is 31.3 Å². The monoisotopic (exact) mass is 304 g/mol. The normalized spacial score (nSPS) is 13.9. The quantitative estimate of drug-likeness (QED) is 0.641. The molecular formula is C16H20N2O2S. The molecule has 2 unspecified atom stereocenters. The maximum Gasteiger partial charge on any atom is 0.269 e. The van der Waals surface area contributed by atoms with Crippen LogP contribution < -0.4 is 5.32 Å². The van der Waals surface area contributed by atoms with Crippen LogP contribution in [0.2, 0.25) is 0 Å². The molecular weight excluding hydrogens is 284 g/mol. The highest BCUT2D eigenvalue weighted by molar-refractivity contribution is 7.11. The molecule has 2 rings (SSSR count). The summed E-state index contributed by atoms with van der Waals surface area (Å²) in [6.07, 6.45) is 0.970. The lowest BCUT2D eigenvalue weighted by Crippen LogP contribution is -2.30. The number of nitro groups is 1. The summed E-state index contributed by atoms with van der Waals surface area (Å²) in [6.45, 7) is 6.29. The van der Waals surface area contributed by atoms with Crippen molar-refractivity contribution in [2.45, 2.75) is 39.3 Å². The van der Waals surface area contributed by atoms with Crippen LogP contribution in [-0.2, 0) is 6.42 Å². The van der Waals surface area contributed by atoms with Crippen molar-refractivity contribution in [2.24, 2.45) is 0 Å². The third kappa shape index (κ3) is 4.37. The summed E-state index contributed by atoms with van der Waals surface area (Å²) in [4.78, 5) is 13.2. The smallest absolute Gasteiger partial charge is 0.269 e. The highest BCUT2D eigenvalue weighted by Gasteiger charge is 2.13. The number of hydrogen-bond acceptors (Lipinski definition) is 4. The van der Waals surface area contributed by atoms with Crippen LogP contribution in [0.1, 0.15) is 35.2 Å². The summed E-state index contributed by atoms with van der Waals surface area (Å²) in [5, 5.41) is 14.3. The van der Waals surface area contributed by atoms with E-state index in [0.29, 0.717) is 6.04 Å². The fourth-order valence-electron chi connectivity index (χ4n) is 2.39. The van der Waals surface area contributed by atoms with Gasteiger partial charge in [-0.3, -0.25) is 10.1 Å². The number of thiophene rings is 1. The lowest BCUT2D eigenvalue weighted by molar-refractivity contribution is -0.384. The molecule has 1 aromatic carbocycles. The van der Waals surface area contributed by atoms with Crippen LogP contribution in [0, 0.1) is 17.0 Å². The zero-order chi connectivity index (χ0) is 15.4. The average Bonchev–Trinajstić information content (AvgIpc) is 2.83. The topological polar surface area (TPSA) is 55.2 Å². The summed E-state index contributed by atoms with van der Waals surface area (Å²) < 4.78 is 0. The minimum absolute atomic E-state index is 0.0842. The van der Waals surface area contributed by atoms with Crippen LogP contribution in [0.5, 0.6) is 0 Å². The molecule has 4 nitrogen and oxygen atoms in total. The van der Waals surface area contributed by atoms with Gasteiger partial charge in [-0.2, -0.15) is 0 Å². The Morgan fingerprint density at radius 1 is 1.29 bits per heavy atom. The third-order valence-electron chi connectivity index (χ3n) is 3.42. The van der Waals surface area contributed by atoms with Gasteiger partial charge >= 0.3 is 0 Å². The van der Waals surface area contributed by atoms with Crippen molar-refractivity contribution < 1.29 is 4.92 Å². The molecule has 0 saturated heterocycles. The molecule has 1 aromatic heterocycles. The number of hydrogen-bond donors (Lipinski definition) is 1. The van der Waals surface area contributed by atoms with E-state index in [0.717, 1.165) is 12.0 Å². The molecule has 0 fully saturated rings. The highest BCUT2D eigenvalue weighted by atomic mass is 32.1. The zero-order valence-electron chi connectivity index (χ0n) is 12.5. The number of nitrogens with zero attached hydrogens (tertiary/aromatic N) is 1. The van der Waals surface area contributed by atoms with Crippen molar-refractivity contribution in [1.29, 1.82) is 0 Å². The predicted octanol–water partition coefficient (Wildman–Crippen LogP) is 4.25. The van der Waals surface area contributed by atoms with Gasteiger partial charge in [0.15, 0.2) is 0 Å². The Morgan fingerprint density at radius 2 is 2.05 bits per heavy atom. The SMILES string of the molecule is Cc1ccc(CC(C)NC(C)c2cccc([N+](=O)[O-])c2)s1. The Labute approximate surface area is 129 Å². The standard InChI is InChI=1S/C16H20N2O2S/c1-11(9-16-8-7-12(2)21-16)17-13(3)14-5-4-6-15(10-14)18(19)20/h4-8,10-11,13,17H,9H2,1-3H3. The van der Waals surface area contributed by atoms with E-state index in [1.165, 1.54) is 15.8 Å². The third-order valence-corrected chi connectivity index (χ3v) is 4.44. The molecule has 5 heteroatoms.